The molecular weight excluding hydrogens is 456 g/mol. The van der Waals surface area contributed by atoms with E-state index in [2.05, 4.69) is 113 Å². The predicted octanol–water partition coefficient (Wildman–Crippen LogP) is 9.37. The minimum absolute atomic E-state index is 1.14. The van der Waals surface area contributed by atoms with E-state index in [0.29, 0.717) is 0 Å². The van der Waals surface area contributed by atoms with Gasteiger partial charge in [0.05, 0.1) is 5.52 Å². The Morgan fingerprint density at radius 1 is 0.639 bits per heavy atom. The van der Waals surface area contributed by atoms with E-state index in [-0.39, 0.29) is 0 Å². The summed E-state index contributed by atoms with van der Waals surface area (Å²) in [5, 5.41) is 9.06. The molecule has 3 heteroatoms. The van der Waals surface area contributed by atoms with Crippen LogP contribution in [0.1, 0.15) is 0 Å². The van der Waals surface area contributed by atoms with Crippen molar-refractivity contribution in [3.05, 3.63) is 122 Å². The van der Waals surface area contributed by atoms with Crippen molar-refractivity contribution < 1.29 is 0 Å². The van der Waals surface area contributed by atoms with E-state index in [4.69, 9.17) is 0 Å². The van der Waals surface area contributed by atoms with Crippen LogP contribution in [0.2, 0.25) is 0 Å². The topological polar surface area (TPSA) is 17.8 Å². The molecule has 0 atom stereocenters. The van der Waals surface area contributed by atoms with E-state index in [1.165, 1.54) is 63.9 Å². The van der Waals surface area contributed by atoms with Crippen molar-refractivity contribution >= 4 is 64.0 Å². The Kier molecular flexibility index (Phi) is 4.13. The van der Waals surface area contributed by atoms with E-state index in [0.717, 1.165) is 5.56 Å². The lowest BCUT2D eigenvalue weighted by Gasteiger charge is -2.13. The summed E-state index contributed by atoms with van der Waals surface area (Å²) in [4.78, 5) is 4.44. The monoisotopic (exact) mass is 476 g/mol. The average Bonchev–Trinajstić information content (AvgIpc) is 3.53. The summed E-state index contributed by atoms with van der Waals surface area (Å²) in [6, 6.07) is 37.4. The van der Waals surface area contributed by atoms with Crippen LogP contribution in [0.3, 0.4) is 0 Å². The van der Waals surface area contributed by atoms with Crippen LogP contribution in [0.5, 0.6) is 0 Å². The molecule has 0 saturated heterocycles. The van der Waals surface area contributed by atoms with Gasteiger partial charge in [-0.1, -0.05) is 54.6 Å². The molecule has 0 saturated carbocycles. The fourth-order valence-electron chi connectivity index (χ4n) is 5.62. The molecule has 0 N–H and O–H groups in total. The van der Waals surface area contributed by atoms with Crippen LogP contribution in [0, 0.1) is 0 Å². The van der Waals surface area contributed by atoms with E-state index in [1.54, 1.807) is 0 Å². The number of pyridine rings is 1. The summed E-state index contributed by atoms with van der Waals surface area (Å²) < 4.78 is 4.96. The third-order valence-corrected chi connectivity index (χ3v) is 8.48. The Labute approximate surface area is 211 Å². The lowest BCUT2D eigenvalue weighted by atomic mass is 9.92. The highest BCUT2D eigenvalue weighted by atomic mass is 32.1. The first kappa shape index (κ1) is 19.8. The van der Waals surface area contributed by atoms with Crippen LogP contribution < -0.4 is 0 Å². The second-order valence-electron chi connectivity index (χ2n) is 9.28. The van der Waals surface area contributed by atoms with Crippen LogP contribution in [-0.4, -0.2) is 9.55 Å². The maximum atomic E-state index is 4.44. The Bertz CT molecular complexity index is 2080. The van der Waals surface area contributed by atoms with Crippen molar-refractivity contribution in [2.24, 2.45) is 0 Å². The molecule has 0 aliphatic carbocycles. The van der Waals surface area contributed by atoms with Crippen molar-refractivity contribution in [2.75, 3.05) is 0 Å². The SMILES string of the molecule is c1ccc(-n2ccc3cc4c(cc(-c5cccnc5)c5ccc6c7ccccc7sc6c54)cc32)cc1. The number of para-hydroxylation sites is 1. The highest BCUT2D eigenvalue weighted by molar-refractivity contribution is 7.26. The van der Waals surface area contributed by atoms with Gasteiger partial charge < -0.3 is 4.57 Å². The molecule has 0 spiro atoms. The van der Waals surface area contributed by atoms with Gasteiger partial charge in [-0.2, -0.15) is 0 Å². The maximum Gasteiger partial charge on any atom is 0.0534 e. The molecule has 8 rings (SSSR count). The summed E-state index contributed by atoms with van der Waals surface area (Å²) in [5.74, 6) is 0. The highest BCUT2D eigenvalue weighted by Crippen LogP contribution is 2.45. The molecule has 3 aromatic heterocycles. The van der Waals surface area contributed by atoms with Crippen molar-refractivity contribution in [3.63, 3.8) is 0 Å². The van der Waals surface area contributed by atoms with Crippen molar-refractivity contribution in [2.45, 2.75) is 0 Å². The second-order valence-corrected chi connectivity index (χ2v) is 10.3. The Balaban J connectivity index is 1.56. The largest absolute Gasteiger partial charge is 0.317 e. The number of aromatic nitrogens is 2. The van der Waals surface area contributed by atoms with Crippen molar-refractivity contribution in [1.82, 2.24) is 9.55 Å². The molecule has 0 bridgehead atoms. The van der Waals surface area contributed by atoms with Crippen LogP contribution in [-0.2, 0) is 0 Å². The minimum atomic E-state index is 1.14. The third kappa shape index (κ3) is 2.81. The maximum absolute atomic E-state index is 4.44. The van der Waals surface area contributed by atoms with E-state index >= 15 is 0 Å². The fraction of sp³-hybridized carbons (Fsp3) is 0. The van der Waals surface area contributed by atoms with Gasteiger partial charge in [0.2, 0.25) is 0 Å². The number of fused-ring (bicyclic) bond motifs is 8. The number of benzene rings is 5. The Morgan fingerprint density at radius 2 is 1.50 bits per heavy atom. The molecule has 0 aliphatic rings. The number of hydrogen-bond acceptors (Lipinski definition) is 2. The number of thiophene rings is 1. The smallest absolute Gasteiger partial charge is 0.0534 e. The zero-order valence-electron chi connectivity index (χ0n) is 19.3. The quantitative estimate of drug-likeness (QED) is 0.227. The van der Waals surface area contributed by atoms with Gasteiger partial charge in [-0.25, -0.2) is 0 Å². The van der Waals surface area contributed by atoms with Gasteiger partial charge in [-0.3, -0.25) is 4.98 Å². The molecular formula is C33H20N2S. The molecule has 36 heavy (non-hydrogen) atoms. The first-order valence-corrected chi connectivity index (χ1v) is 12.9. The van der Waals surface area contributed by atoms with Crippen LogP contribution >= 0.6 is 11.3 Å². The van der Waals surface area contributed by atoms with E-state index in [9.17, 15) is 0 Å². The van der Waals surface area contributed by atoms with Crippen LogP contribution in [0.15, 0.2) is 122 Å². The molecule has 0 amide bonds. The van der Waals surface area contributed by atoms with Crippen molar-refractivity contribution in [3.8, 4) is 16.8 Å². The standard InChI is InChI=1S/C33H20N2S/c1-2-8-24(9-3-1)35-16-14-21-17-29-23(19-30(21)35)18-28(22-7-6-15-34-20-22)26-12-13-27-25-10-4-5-11-31(25)36-33(27)32(26)29/h1-20H. The fourth-order valence-corrected chi connectivity index (χ4v) is 6.89. The summed E-state index contributed by atoms with van der Waals surface area (Å²) >= 11 is 1.90. The van der Waals surface area contributed by atoms with Gasteiger partial charge in [0.25, 0.3) is 0 Å². The number of nitrogens with zero attached hydrogens (tertiary/aromatic N) is 2. The average molecular weight is 477 g/mol. The van der Waals surface area contributed by atoms with Gasteiger partial charge in [0, 0.05) is 60.8 Å². The van der Waals surface area contributed by atoms with Crippen LogP contribution in [0.4, 0.5) is 0 Å². The zero-order chi connectivity index (χ0) is 23.6. The van der Waals surface area contributed by atoms with Crippen molar-refractivity contribution in [1.29, 1.82) is 0 Å². The molecule has 3 heterocycles. The summed E-state index contributed by atoms with van der Waals surface area (Å²) in [7, 11) is 0. The summed E-state index contributed by atoms with van der Waals surface area (Å²) in [5.41, 5.74) is 4.76. The minimum Gasteiger partial charge on any atom is -0.317 e. The van der Waals surface area contributed by atoms with Gasteiger partial charge >= 0.3 is 0 Å². The van der Waals surface area contributed by atoms with Gasteiger partial charge in [-0.05, 0) is 70.3 Å². The molecule has 5 aromatic carbocycles. The van der Waals surface area contributed by atoms with E-state index in [1.807, 2.05) is 29.8 Å². The first-order chi connectivity index (χ1) is 17.8. The molecule has 0 fully saturated rings. The highest BCUT2D eigenvalue weighted by Gasteiger charge is 2.16. The lowest BCUT2D eigenvalue weighted by Crippen LogP contribution is -1.91. The number of hydrogen-bond donors (Lipinski definition) is 0. The van der Waals surface area contributed by atoms with Gasteiger partial charge in [0.1, 0.15) is 0 Å². The molecule has 0 unspecified atom stereocenters. The summed E-state index contributed by atoms with van der Waals surface area (Å²) in [6.07, 6.45) is 5.99. The lowest BCUT2D eigenvalue weighted by molar-refractivity contribution is 1.13. The normalized spacial score (nSPS) is 11.9. The second kappa shape index (κ2) is 7.51. The molecule has 8 aromatic rings. The third-order valence-electron chi connectivity index (χ3n) is 7.27. The molecule has 2 nitrogen and oxygen atoms in total. The van der Waals surface area contributed by atoms with Gasteiger partial charge in [0.15, 0.2) is 0 Å². The number of rotatable bonds is 2. The molecule has 0 aliphatic heterocycles. The van der Waals surface area contributed by atoms with Gasteiger partial charge in [-0.15, -0.1) is 11.3 Å². The van der Waals surface area contributed by atoms with E-state index < -0.39 is 0 Å². The zero-order valence-corrected chi connectivity index (χ0v) is 20.2. The van der Waals surface area contributed by atoms with Crippen LogP contribution in [0.25, 0.3) is 69.4 Å². The molecule has 168 valence electrons. The Hall–Kier alpha value is -4.47. The summed E-state index contributed by atoms with van der Waals surface area (Å²) in [6.45, 7) is 0. The first-order valence-electron chi connectivity index (χ1n) is 12.1. The molecule has 0 radical (unpaired) electrons. The Morgan fingerprint density at radius 3 is 2.39 bits per heavy atom. The predicted molar refractivity (Wildman–Crippen MR) is 154 cm³/mol.